The third-order valence-electron chi connectivity index (χ3n) is 4.87. The van der Waals surface area contributed by atoms with Crippen molar-refractivity contribution in [2.75, 3.05) is 18.2 Å². The molecule has 1 aliphatic carbocycles. The van der Waals surface area contributed by atoms with Crippen LogP contribution in [0.1, 0.15) is 24.1 Å². The maximum absolute atomic E-state index is 12.5. The summed E-state index contributed by atoms with van der Waals surface area (Å²) in [5.41, 5.74) is 4.12. The first-order chi connectivity index (χ1) is 13.6. The van der Waals surface area contributed by atoms with Gasteiger partial charge in [-0.1, -0.05) is 17.7 Å². The van der Waals surface area contributed by atoms with E-state index in [-0.39, 0.29) is 5.91 Å². The minimum atomic E-state index is -0.0465. The van der Waals surface area contributed by atoms with Gasteiger partial charge >= 0.3 is 0 Å². The third kappa shape index (κ3) is 4.10. The number of aryl methyl sites for hydroxylation is 1. The van der Waals surface area contributed by atoms with Crippen molar-refractivity contribution in [3.05, 3.63) is 58.7 Å². The van der Waals surface area contributed by atoms with Crippen LogP contribution in [0.5, 0.6) is 5.75 Å². The summed E-state index contributed by atoms with van der Waals surface area (Å²) in [7, 11) is 1.61. The molecule has 0 spiro atoms. The first-order valence-corrected chi connectivity index (χ1v) is 10.7. The Hall–Kier alpha value is -2.24. The standard InChI is InChI=1S/C22H21ClN2O2S/c1-27-16-6-4-5-15(12-16)24-21(26)13-28-22-17-7-2-3-8-19(17)25-20-10-9-14(23)11-18(20)22/h4-6,9-12H,2-3,7-8,13H2,1H3,(H,24,26). The van der Waals surface area contributed by atoms with Crippen molar-refractivity contribution >= 4 is 45.9 Å². The van der Waals surface area contributed by atoms with E-state index in [9.17, 15) is 4.79 Å². The van der Waals surface area contributed by atoms with Crippen LogP contribution < -0.4 is 10.1 Å². The van der Waals surface area contributed by atoms with Gasteiger partial charge in [-0.15, -0.1) is 11.8 Å². The molecule has 28 heavy (non-hydrogen) atoms. The number of pyridine rings is 1. The van der Waals surface area contributed by atoms with E-state index in [1.807, 2.05) is 42.5 Å². The Kier molecular flexibility index (Phi) is 5.74. The Bertz CT molecular complexity index is 1040. The minimum absolute atomic E-state index is 0.0465. The van der Waals surface area contributed by atoms with Gasteiger partial charge in [0.2, 0.25) is 5.91 Å². The fourth-order valence-corrected chi connectivity index (χ4v) is 4.79. The number of carbonyl (C=O) groups excluding carboxylic acids is 1. The van der Waals surface area contributed by atoms with E-state index in [2.05, 4.69) is 5.32 Å². The second-order valence-corrected chi connectivity index (χ2v) is 8.23. The predicted octanol–water partition coefficient (Wildman–Crippen LogP) is 5.51. The van der Waals surface area contributed by atoms with Crippen LogP contribution in [0.25, 0.3) is 10.9 Å². The van der Waals surface area contributed by atoms with E-state index in [1.165, 1.54) is 12.0 Å². The van der Waals surface area contributed by atoms with Crippen LogP contribution >= 0.6 is 23.4 Å². The summed E-state index contributed by atoms with van der Waals surface area (Å²) < 4.78 is 5.21. The largest absolute Gasteiger partial charge is 0.497 e. The fourth-order valence-electron chi connectivity index (χ4n) is 3.55. The molecule has 0 radical (unpaired) electrons. The van der Waals surface area contributed by atoms with Gasteiger partial charge in [-0.3, -0.25) is 9.78 Å². The Labute approximate surface area is 173 Å². The average molecular weight is 413 g/mol. The SMILES string of the molecule is COc1cccc(NC(=O)CSc2c3c(nc4ccc(Cl)cc24)CCCC3)c1. The van der Waals surface area contributed by atoms with E-state index >= 15 is 0 Å². The van der Waals surface area contributed by atoms with Gasteiger partial charge in [0.05, 0.1) is 18.4 Å². The number of amides is 1. The highest BCUT2D eigenvalue weighted by atomic mass is 35.5. The zero-order valence-corrected chi connectivity index (χ0v) is 17.2. The zero-order valence-electron chi connectivity index (χ0n) is 15.6. The zero-order chi connectivity index (χ0) is 19.5. The number of halogens is 1. The second kappa shape index (κ2) is 8.41. The Balaban J connectivity index is 1.58. The lowest BCUT2D eigenvalue weighted by molar-refractivity contribution is -0.113. The molecule has 0 saturated heterocycles. The van der Waals surface area contributed by atoms with Crippen LogP contribution in [0, 0.1) is 0 Å². The third-order valence-corrected chi connectivity index (χ3v) is 6.27. The maximum atomic E-state index is 12.5. The Morgan fingerprint density at radius 3 is 2.93 bits per heavy atom. The molecular weight excluding hydrogens is 392 g/mol. The molecule has 3 aromatic rings. The monoisotopic (exact) mass is 412 g/mol. The summed E-state index contributed by atoms with van der Waals surface area (Å²) in [5, 5.41) is 4.67. The van der Waals surface area contributed by atoms with E-state index in [0.29, 0.717) is 16.5 Å². The number of hydrogen-bond donors (Lipinski definition) is 1. The summed E-state index contributed by atoms with van der Waals surface area (Å²) in [6.45, 7) is 0. The summed E-state index contributed by atoms with van der Waals surface area (Å²) in [4.78, 5) is 18.5. The molecule has 0 saturated carbocycles. The number of thioether (sulfide) groups is 1. The predicted molar refractivity (Wildman–Crippen MR) is 116 cm³/mol. The lowest BCUT2D eigenvalue weighted by Gasteiger charge is -2.20. The molecule has 0 fully saturated rings. The van der Waals surface area contributed by atoms with Crippen LogP contribution in [0.4, 0.5) is 5.69 Å². The van der Waals surface area contributed by atoms with Crippen molar-refractivity contribution in [3.8, 4) is 5.75 Å². The quantitative estimate of drug-likeness (QED) is 0.561. The molecule has 2 aromatic carbocycles. The second-order valence-electron chi connectivity index (χ2n) is 6.80. The molecule has 0 bridgehead atoms. The number of methoxy groups -OCH3 is 1. The number of rotatable bonds is 5. The van der Waals surface area contributed by atoms with Gasteiger partial charge in [-0.25, -0.2) is 0 Å². The van der Waals surface area contributed by atoms with Gasteiger partial charge < -0.3 is 10.1 Å². The van der Waals surface area contributed by atoms with Crippen molar-refractivity contribution in [1.82, 2.24) is 4.98 Å². The smallest absolute Gasteiger partial charge is 0.234 e. The number of carbonyl (C=O) groups is 1. The molecule has 144 valence electrons. The van der Waals surface area contributed by atoms with Crippen molar-refractivity contribution in [2.24, 2.45) is 0 Å². The molecular formula is C22H21ClN2O2S. The molecule has 0 aliphatic heterocycles. The van der Waals surface area contributed by atoms with Crippen molar-refractivity contribution in [2.45, 2.75) is 30.6 Å². The number of fused-ring (bicyclic) bond motifs is 2. The number of ether oxygens (including phenoxy) is 1. The first-order valence-electron chi connectivity index (χ1n) is 9.32. The number of aromatic nitrogens is 1. The number of nitrogens with one attached hydrogen (secondary N) is 1. The van der Waals surface area contributed by atoms with Crippen molar-refractivity contribution < 1.29 is 9.53 Å². The molecule has 1 amide bonds. The van der Waals surface area contributed by atoms with E-state index in [0.717, 1.165) is 46.4 Å². The number of nitrogens with zero attached hydrogens (tertiary/aromatic N) is 1. The van der Waals surface area contributed by atoms with Crippen molar-refractivity contribution in [1.29, 1.82) is 0 Å². The van der Waals surface area contributed by atoms with Gasteiger partial charge in [0.25, 0.3) is 0 Å². The molecule has 0 atom stereocenters. The van der Waals surface area contributed by atoms with Gasteiger partial charge in [0, 0.05) is 32.8 Å². The molecule has 0 unspecified atom stereocenters. The first kappa shape index (κ1) is 19.1. The van der Waals surface area contributed by atoms with Gasteiger partial charge in [0.1, 0.15) is 5.75 Å². The van der Waals surface area contributed by atoms with Gasteiger partial charge in [-0.05, 0) is 61.6 Å². The molecule has 1 N–H and O–H groups in total. The fraction of sp³-hybridized carbons (Fsp3) is 0.273. The summed E-state index contributed by atoms with van der Waals surface area (Å²) in [6.07, 6.45) is 4.33. The molecule has 6 heteroatoms. The van der Waals surface area contributed by atoms with Crippen LogP contribution in [0.15, 0.2) is 47.4 Å². The molecule has 1 aromatic heterocycles. The molecule has 1 aliphatic rings. The van der Waals surface area contributed by atoms with Crippen LogP contribution in [-0.2, 0) is 17.6 Å². The van der Waals surface area contributed by atoms with Crippen LogP contribution in [0.2, 0.25) is 5.02 Å². The lowest BCUT2D eigenvalue weighted by atomic mass is 9.94. The van der Waals surface area contributed by atoms with E-state index < -0.39 is 0 Å². The molecule has 4 rings (SSSR count). The highest BCUT2D eigenvalue weighted by molar-refractivity contribution is 8.00. The number of benzene rings is 2. The van der Waals surface area contributed by atoms with Crippen molar-refractivity contribution in [3.63, 3.8) is 0 Å². The average Bonchev–Trinajstić information content (AvgIpc) is 2.71. The topological polar surface area (TPSA) is 51.2 Å². The highest BCUT2D eigenvalue weighted by Crippen LogP contribution is 2.37. The highest BCUT2D eigenvalue weighted by Gasteiger charge is 2.19. The number of anilines is 1. The van der Waals surface area contributed by atoms with E-state index in [1.54, 1.807) is 18.9 Å². The Morgan fingerprint density at radius 1 is 1.21 bits per heavy atom. The molecule has 4 nitrogen and oxygen atoms in total. The van der Waals surface area contributed by atoms with Crippen LogP contribution in [0.3, 0.4) is 0 Å². The minimum Gasteiger partial charge on any atom is -0.497 e. The normalized spacial score (nSPS) is 13.2. The number of hydrogen-bond acceptors (Lipinski definition) is 4. The lowest BCUT2D eigenvalue weighted by Crippen LogP contribution is -2.15. The summed E-state index contributed by atoms with van der Waals surface area (Å²) >= 11 is 7.81. The van der Waals surface area contributed by atoms with Gasteiger partial charge in [0.15, 0.2) is 0 Å². The Morgan fingerprint density at radius 2 is 2.07 bits per heavy atom. The van der Waals surface area contributed by atoms with Gasteiger partial charge in [-0.2, -0.15) is 0 Å². The summed E-state index contributed by atoms with van der Waals surface area (Å²) in [6, 6.07) is 13.2. The molecule has 1 heterocycles. The van der Waals surface area contributed by atoms with Crippen LogP contribution in [-0.4, -0.2) is 23.8 Å². The maximum Gasteiger partial charge on any atom is 0.234 e. The van der Waals surface area contributed by atoms with E-state index in [4.69, 9.17) is 21.3 Å². The summed E-state index contributed by atoms with van der Waals surface area (Å²) in [5.74, 6) is 0.999.